The predicted molar refractivity (Wildman–Crippen MR) is 353 cm³/mol. The number of unbranched alkanes of at least 4 members (excludes halogenated alkanes) is 39. The lowest BCUT2D eigenvalue weighted by molar-refractivity contribution is -0.167. The molecule has 0 aliphatic carbocycles. The molecule has 0 saturated heterocycles. The van der Waals surface area contributed by atoms with E-state index >= 15 is 0 Å². The van der Waals surface area contributed by atoms with E-state index < -0.39 is 6.10 Å². The van der Waals surface area contributed by atoms with Crippen molar-refractivity contribution in [2.75, 3.05) is 13.2 Å². The molecule has 0 heterocycles. The number of allylic oxidation sites excluding steroid dienone is 14. The summed E-state index contributed by atoms with van der Waals surface area (Å²) in [5.74, 6) is -0.857. The summed E-state index contributed by atoms with van der Waals surface area (Å²) in [7, 11) is 0. The second-order valence-electron chi connectivity index (χ2n) is 23.4. The molecule has 0 rings (SSSR count). The van der Waals surface area contributed by atoms with Gasteiger partial charge >= 0.3 is 17.9 Å². The normalized spacial score (nSPS) is 12.6. The maximum Gasteiger partial charge on any atom is 0.306 e. The third-order valence-corrected chi connectivity index (χ3v) is 15.4. The summed E-state index contributed by atoms with van der Waals surface area (Å²) in [5.41, 5.74) is 0. The Hall–Kier alpha value is -3.41. The van der Waals surface area contributed by atoms with Gasteiger partial charge < -0.3 is 14.2 Å². The van der Waals surface area contributed by atoms with Crippen LogP contribution in [0.2, 0.25) is 0 Å². The SMILES string of the molecule is CC/C=C\C/C=C\C/C=C\C/C=C\C/C=C\C/C=C\CCCCCCCCCCCCCCC(=O)OCC(COC(=O)CCCCCCCCCCCCCCC)OC(=O)CCCCCCCCCCC/C=C\CCCCCCCC. The van der Waals surface area contributed by atoms with Gasteiger partial charge in [0.05, 0.1) is 0 Å². The Kier molecular flexibility index (Phi) is 66.2. The fraction of sp³-hybridized carbons (Fsp3) is 0.773. The van der Waals surface area contributed by atoms with E-state index in [-0.39, 0.29) is 31.1 Å². The summed E-state index contributed by atoms with van der Waals surface area (Å²) in [6.45, 7) is 6.57. The van der Waals surface area contributed by atoms with E-state index in [1.807, 2.05) is 0 Å². The lowest BCUT2D eigenvalue weighted by atomic mass is 10.0. The van der Waals surface area contributed by atoms with Gasteiger partial charge in [-0.25, -0.2) is 0 Å². The summed E-state index contributed by atoms with van der Waals surface area (Å²) in [6, 6.07) is 0. The zero-order valence-electron chi connectivity index (χ0n) is 53.8. The van der Waals surface area contributed by atoms with Crippen LogP contribution in [0.3, 0.4) is 0 Å². The van der Waals surface area contributed by atoms with Crippen LogP contribution in [0.25, 0.3) is 0 Å². The Morgan fingerprint density at radius 3 is 0.765 bits per heavy atom. The molecule has 468 valence electrons. The molecule has 81 heavy (non-hydrogen) atoms. The third kappa shape index (κ3) is 67.3. The molecule has 0 aliphatic rings. The van der Waals surface area contributed by atoms with Crippen LogP contribution >= 0.6 is 0 Å². The van der Waals surface area contributed by atoms with Gasteiger partial charge in [0, 0.05) is 19.3 Å². The van der Waals surface area contributed by atoms with Gasteiger partial charge in [0.15, 0.2) is 6.10 Å². The number of rotatable bonds is 64. The number of hydrogen-bond donors (Lipinski definition) is 0. The molecule has 0 radical (unpaired) electrons. The second kappa shape index (κ2) is 69.1. The molecule has 0 saturated carbocycles. The Morgan fingerprint density at radius 1 is 0.259 bits per heavy atom. The van der Waals surface area contributed by atoms with Crippen LogP contribution in [0.4, 0.5) is 0 Å². The van der Waals surface area contributed by atoms with Crippen LogP contribution in [-0.4, -0.2) is 37.2 Å². The van der Waals surface area contributed by atoms with E-state index in [1.54, 1.807) is 0 Å². The molecule has 0 amide bonds. The first-order valence-corrected chi connectivity index (χ1v) is 35.1. The van der Waals surface area contributed by atoms with Crippen molar-refractivity contribution in [3.05, 3.63) is 85.1 Å². The van der Waals surface area contributed by atoms with Gasteiger partial charge in [-0.3, -0.25) is 14.4 Å². The highest BCUT2D eigenvalue weighted by Gasteiger charge is 2.19. The minimum Gasteiger partial charge on any atom is -0.462 e. The summed E-state index contributed by atoms with van der Waals surface area (Å²) in [6.07, 6.45) is 91.7. The molecule has 0 bridgehead atoms. The molecule has 0 N–H and O–H groups in total. The van der Waals surface area contributed by atoms with Crippen LogP contribution in [0.1, 0.15) is 355 Å². The van der Waals surface area contributed by atoms with Gasteiger partial charge in [-0.15, -0.1) is 0 Å². The first-order chi connectivity index (χ1) is 40.0. The summed E-state index contributed by atoms with van der Waals surface area (Å²) < 4.78 is 17.0. The Balaban J connectivity index is 4.23. The zero-order chi connectivity index (χ0) is 58.5. The fourth-order valence-corrected chi connectivity index (χ4v) is 10.2. The predicted octanol–water partition coefficient (Wildman–Crippen LogP) is 24.2. The van der Waals surface area contributed by atoms with Crippen LogP contribution in [-0.2, 0) is 28.6 Å². The number of ether oxygens (including phenoxy) is 3. The van der Waals surface area contributed by atoms with Crippen molar-refractivity contribution >= 4 is 17.9 Å². The first-order valence-electron chi connectivity index (χ1n) is 35.1. The average molecular weight is 1130 g/mol. The number of carbonyl (C=O) groups excluding carboxylic acids is 3. The molecule has 0 aromatic rings. The summed E-state index contributed by atoms with van der Waals surface area (Å²) >= 11 is 0. The standard InChI is InChI=1S/C75H132O6/c1-4-7-10-13-16-19-22-25-27-29-31-32-33-34-35-36-37-38-39-40-41-42-44-45-47-50-53-56-59-62-65-68-74(77)80-71-72(70-79-73(76)67-64-61-58-55-52-49-24-21-18-15-12-9-6-3)81-75(78)69-66-63-60-57-54-51-48-46-43-30-28-26-23-20-17-14-11-8-5-2/h7,10,16,19,25-28,31-32,34-35,37-38,72H,4-6,8-9,11-15,17-18,20-24,29-30,33,36,39-71H2,1-3H3/b10-7-,19-16-,27-25-,28-26-,32-31-,35-34-,38-37-. The number of esters is 3. The van der Waals surface area contributed by atoms with Crippen LogP contribution < -0.4 is 0 Å². The van der Waals surface area contributed by atoms with Crippen LogP contribution in [0.15, 0.2) is 85.1 Å². The molecule has 1 atom stereocenters. The molecule has 6 nitrogen and oxygen atoms in total. The molecule has 0 aromatic heterocycles. The second-order valence-corrected chi connectivity index (χ2v) is 23.4. The first kappa shape index (κ1) is 77.6. The molecular weight excluding hydrogens is 997 g/mol. The smallest absolute Gasteiger partial charge is 0.306 e. The van der Waals surface area contributed by atoms with Crippen molar-refractivity contribution in [2.24, 2.45) is 0 Å². The number of carbonyl (C=O) groups is 3. The van der Waals surface area contributed by atoms with E-state index in [4.69, 9.17) is 14.2 Å². The van der Waals surface area contributed by atoms with Gasteiger partial charge in [-0.05, 0) is 96.3 Å². The third-order valence-electron chi connectivity index (χ3n) is 15.4. The molecule has 0 aliphatic heterocycles. The van der Waals surface area contributed by atoms with Crippen LogP contribution in [0, 0.1) is 0 Å². The maximum atomic E-state index is 12.9. The van der Waals surface area contributed by atoms with Crippen molar-refractivity contribution in [3.8, 4) is 0 Å². The van der Waals surface area contributed by atoms with Gasteiger partial charge in [0.2, 0.25) is 0 Å². The molecule has 0 fully saturated rings. The number of hydrogen-bond acceptors (Lipinski definition) is 6. The fourth-order valence-electron chi connectivity index (χ4n) is 10.2. The van der Waals surface area contributed by atoms with E-state index in [1.165, 1.54) is 218 Å². The molecular formula is C75H132O6. The van der Waals surface area contributed by atoms with Gasteiger partial charge in [0.25, 0.3) is 0 Å². The van der Waals surface area contributed by atoms with E-state index in [0.29, 0.717) is 19.3 Å². The van der Waals surface area contributed by atoms with E-state index in [0.717, 1.165) is 96.3 Å². The minimum absolute atomic E-state index is 0.0726. The van der Waals surface area contributed by atoms with Crippen molar-refractivity contribution in [2.45, 2.75) is 361 Å². The lowest BCUT2D eigenvalue weighted by Crippen LogP contribution is -2.30. The monoisotopic (exact) mass is 1130 g/mol. The summed E-state index contributed by atoms with van der Waals surface area (Å²) in [4.78, 5) is 38.4. The largest absolute Gasteiger partial charge is 0.462 e. The lowest BCUT2D eigenvalue weighted by Gasteiger charge is -2.18. The zero-order valence-corrected chi connectivity index (χ0v) is 53.8. The Bertz CT molecular complexity index is 1530. The molecule has 1 unspecified atom stereocenters. The highest BCUT2D eigenvalue weighted by atomic mass is 16.6. The van der Waals surface area contributed by atoms with Crippen molar-refractivity contribution in [1.82, 2.24) is 0 Å². The molecule has 0 spiro atoms. The van der Waals surface area contributed by atoms with Gasteiger partial charge in [-0.1, -0.05) is 324 Å². The van der Waals surface area contributed by atoms with E-state index in [2.05, 4.69) is 106 Å². The Morgan fingerprint density at radius 2 is 0.481 bits per heavy atom. The highest BCUT2D eigenvalue weighted by Crippen LogP contribution is 2.17. The van der Waals surface area contributed by atoms with Gasteiger partial charge in [-0.2, -0.15) is 0 Å². The van der Waals surface area contributed by atoms with Crippen molar-refractivity contribution < 1.29 is 28.6 Å². The van der Waals surface area contributed by atoms with Crippen molar-refractivity contribution in [1.29, 1.82) is 0 Å². The molecule has 0 aromatic carbocycles. The topological polar surface area (TPSA) is 78.9 Å². The average Bonchev–Trinajstić information content (AvgIpc) is 3.46. The minimum atomic E-state index is -0.777. The maximum absolute atomic E-state index is 12.9. The van der Waals surface area contributed by atoms with Crippen molar-refractivity contribution in [3.63, 3.8) is 0 Å². The Labute approximate surface area is 503 Å². The van der Waals surface area contributed by atoms with E-state index in [9.17, 15) is 14.4 Å². The summed E-state index contributed by atoms with van der Waals surface area (Å²) in [5, 5.41) is 0. The quantitative estimate of drug-likeness (QED) is 0.0261. The van der Waals surface area contributed by atoms with Crippen LogP contribution in [0.5, 0.6) is 0 Å². The highest BCUT2D eigenvalue weighted by molar-refractivity contribution is 5.71. The van der Waals surface area contributed by atoms with Gasteiger partial charge in [0.1, 0.15) is 13.2 Å². The molecule has 6 heteroatoms.